The van der Waals surface area contributed by atoms with Crippen molar-refractivity contribution in [3.05, 3.63) is 81.7 Å². The Balaban J connectivity index is 1.75. The number of piperidine rings is 1. The average molecular weight is 451 g/mol. The van der Waals surface area contributed by atoms with Crippen LogP contribution in [-0.2, 0) is 0 Å². The van der Waals surface area contributed by atoms with Crippen LogP contribution in [0.4, 0.5) is 5.00 Å². The molecule has 1 N–H and O–H groups in total. The number of anilines is 1. The van der Waals surface area contributed by atoms with Crippen molar-refractivity contribution in [3.63, 3.8) is 0 Å². The number of hydrogen-bond acceptors (Lipinski definition) is 4. The molecule has 3 nitrogen and oxygen atoms in total. The molecule has 4 rings (SSSR count). The van der Waals surface area contributed by atoms with E-state index in [0.717, 1.165) is 18.1 Å². The molecule has 1 aliphatic heterocycles. The van der Waals surface area contributed by atoms with E-state index in [4.69, 9.17) is 0 Å². The van der Waals surface area contributed by atoms with Crippen molar-refractivity contribution >= 4 is 34.0 Å². The van der Waals surface area contributed by atoms with E-state index in [-0.39, 0.29) is 11.9 Å². The van der Waals surface area contributed by atoms with Crippen molar-refractivity contribution in [1.29, 1.82) is 0 Å². The fourth-order valence-electron chi connectivity index (χ4n) is 4.35. The van der Waals surface area contributed by atoms with Crippen LogP contribution in [0.2, 0.25) is 0 Å². The summed E-state index contributed by atoms with van der Waals surface area (Å²) in [6.07, 6.45) is 5.87. The number of aryl methyl sites for hydroxylation is 1. The SMILES string of the molecule is CSc1ccc(C(c2c(NC(=O)c3ccccc3)sc(C)c2C)N2CCCCC2)cc1. The molecule has 3 aromatic rings. The lowest BCUT2D eigenvalue weighted by Crippen LogP contribution is -2.35. The normalized spacial score (nSPS) is 15.6. The summed E-state index contributed by atoms with van der Waals surface area (Å²) < 4.78 is 0. The van der Waals surface area contributed by atoms with Gasteiger partial charge in [-0.1, -0.05) is 36.8 Å². The molecule has 1 saturated heterocycles. The van der Waals surface area contributed by atoms with Crippen molar-refractivity contribution in [1.82, 2.24) is 4.90 Å². The molecule has 0 radical (unpaired) electrons. The van der Waals surface area contributed by atoms with Crippen molar-refractivity contribution in [2.24, 2.45) is 0 Å². The molecule has 1 aliphatic rings. The maximum atomic E-state index is 13.0. The highest BCUT2D eigenvalue weighted by Gasteiger charge is 2.30. The van der Waals surface area contributed by atoms with Gasteiger partial charge in [-0.2, -0.15) is 0 Å². The van der Waals surface area contributed by atoms with Gasteiger partial charge in [0.25, 0.3) is 5.91 Å². The smallest absolute Gasteiger partial charge is 0.256 e. The molecule has 2 aromatic carbocycles. The van der Waals surface area contributed by atoms with E-state index in [1.165, 1.54) is 45.7 Å². The fraction of sp³-hybridized carbons (Fsp3) is 0.346. The molecule has 2 heterocycles. The van der Waals surface area contributed by atoms with Gasteiger partial charge in [-0.05, 0) is 81.4 Å². The largest absolute Gasteiger partial charge is 0.313 e. The van der Waals surface area contributed by atoms with Crippen LogP contribution in [-0.4, -0.2) is 30.2 Å². The zero-order valence-electron chi connectivity index (χ0n) is 18.5. The molecule has 31 heavy (non-hydrogen) atoms. The van der Waals surface area contributed by atoms with E-state index in [1.807, 2.05) is 30.3 Å². The predicted octanol–water partition coefficient (Wildman–Crippen LogP) is 6.91. The first-order chi connectivity index (χ1) is 15.1. The summed E-state index contributed by atoms with van der Waals surface area (Å²) >= 11 is 3.46. The summed E-state index contributed by atoms with van der Waals surface area (Å²) in [6.45, 7) is 6.54. The lowest BCUT2D eigenvalue weighted by Gasteiger charge is -2.36. The minimum Gasteiger partial charge on any atom is -0.313 e. The van der Waals surface area contributed by atoms with Gasteiger partial charge >= 0.3 is 0 Å². The average Bonchev–Trinajstić information content (AvgIpc) is 3.09. The minimum absolute atomic E-state index is 0.0433. The highest BCUT2D eigenvalue weighted by Crippen LogP contribution is 2.43. The maximum absolute atomic E-state index is 13.0. The molecule has 1 unspecified atom stereocenters. The minimum atomic E-state index is -0.0433. The van der Waals surface area contributed by atoms with Crippen LogP contribution < -0.4 is 5.32 Å². The van der Waals surface area contributed by atoms with Gasteiger partial charge in [-0.25, -0.2) is 0 Å². The van der Waals surface area contributed by atoms with Crippen LogP contribution in [0.25, 0.3) is 0 Å². The van der Waals surface area contributed by atoms with Crippen LogP contribution in [0.5, 0.6) is 0 Å². The van der Waals surface area contributed by atoms with Crippen LogP contribution >= 0.6 is 23.1 Å². The molecule has 1 fully saturated rings. The number of thioether (sulfide) groups is 1. The van der Waals surface area contributed by atoms with E-state index in [9.17, 15) is 4.79 Å². The van der Waals surface area contributed by atoms with Crippen molar-refractivity contribution in [2.75, 3.05) is 24.7 Å². The van der Waals surface area contributed by atoms with Gasteiger partial charge in [0.1, 0.15) is 5.00 Å². The van der Waals surface area contributed by atoms with Gasteiger partial charge in [0, 0.05) is 20.9 Å². The molecular formula is C26H30N2OS2. The van der Waals surface area contributed by atoms with Gasteiger partial charge in [-0.15, -0.1) is 23.1 Å². The van der Waals surface area contributed by atoms with Crippen LogP contribution in [0.3, 0.4) is 0 Å². The standard InChI is InChI=1S/C26H30N2OS2/c1-18-19(2)31-26(27-25(29)21-10-6-4-7-11-21)23(18)24(28-16-8-5-9-17-28)20-12-14-22(30-3)15-13-20/h4,6-7,10-15,24H,5,8-9,16-17H2,1-3H3,(H,27,29). The first-order valence-electron chi connectivity index (χ1n) is 10.9. The van der Waals surface area contributed by atoms with E-state index in [0.29, 0.717) is 5.56 Å². The monoisotopic (exact) mass is 450 g/mol. The van der Waals surface area contributed by atoms with Gasteiger partial charge in [0.2, 0.25) is 0 Å². The lowest BCUT2D eigenvalue weighted by atomic mass is 9.93. The number of thiophene rings is 1. The third kappa shape index (κ3) is 4.89. The number of carbonyl (C=O) groups is 1. The molecular weight excluding hydrogens is 420 g/mol. The molecule has 0 saturated carbocycles. The fourth-order valence-corrected chi connectivity index (χ4v) is 5.85. The summed E-state index contributed by atoms with van der Waals surface area (Å²) in [6, 6.07) is 18.6. The zero-order chi connectivity index (χ0) is 21.8. The summed E-state index contributed by atoms with van der Waals surface area (Å²) in [7, 11) is 0. The molecule has 1 atom stereocenters. The van der Waals surface area contributed by atoms with Crippen LogP contribution in [0, 0.1) is 13.8 Å². The Bertz CT molecular complexity index is 1020. The molecule has 1 amide bonds. The molecule has 0 spiro atoms. The number of rotatable bonds is 6. The Labute approximate surface area is 193 Å². The Kier molecular flexibility index (Phi) is 7.16. The summed E-state index contributed by atoms with van der Waals surface area (Å²) in [5.41, 5.74) is 4.54. The Hall–Kier alpha value is -2.08. The Morgan fingerprint density at radius 2 is 1.68 bits per heavy atom. The van der Waals surface area contributed by atoms with Crippen LogP contribution in [0.1, 0.15) is 57.2 Å². The number of amides is 1. The van der Waals surface area contributed by atoms with E-state index in [1.54, 1.807) is 23.1 Å². The van der Waals surface area contributed by atoms with Crippen LogP contribution in [0.15, 0.2) is 59.5 Å². The third-order valence-electron chi connectivity index (χ3n) is 6.16. The maximum Gasteiger partial charge on any atom is 0.256 e. The second-order valence-corrected chi connectivity index (χ2v) is 10.2. The summed E-state index contributed by atoms with van der Waals surface area (Å²) in [5, 5.41) is 4.23. The molecule has 0 aliphatic carbocycles. The zero-order valence-corrected chi connectivity index (χ0v) is 20.1. The first-order valence-corrected chi connectivity index (χ1v) is 13.0. The summed E-state index contributed by atoms with van der Waals surface area (Å²) in [5.74, 6) is -0.0433. The number of nitrogens with one attached hydrogen (secondary N) is 1. The molecule has 1 aromatic heterocycles. The van der Waals surface area contributed by atoms with E-state index < -0.39 is 0 Å². The van der Waals surface area contributed by atoms with E-state index >= 15 is 0 Å². The highest BCUT2D eigenvalue weighted by atomic mass is 32.2. The molecule has 162 valence electrons. The Morgan fingerprint density at radius 1 is 1.00 bits per heavy atom. The van der Waals surface area contributed by atoms with E-state index in [2.05, 4.69) is 54.6 Å². The quantitative estimate of drug-likeness (QED) is 0.414. The second-order valence-electron chi connectivity index (χ2n) is 8.12. The number of carbonyl (C=O) groups excluding carboxylic acids is 1. The van der Waals surface area contributed by atoms with Crippen molar-refractivity contribution in [3.8, 4) is 0 Å². The Morgan fingerprint density at radius 3 is 2.32 bits per heavy atom. The number of likely N-dealkylation sites (tertiary alicyclic amines) is 1. The first kappa shape index (κ1) is 22.1. The van der Waals surface area contributed by atoms with Crippen molar-refractivity contribution < 1.29 is 4.79 Å². The lowest BCUT2D eigenvalue weighted by molar-refractivity contribution is 0.102. The molecule has 0 bridgehead atoms. The number of hydrogen-bond donors (Lipinski definition) is 1. The second kappa shape index (κ2) is 10.0. The van der Waals surface area contributed by atoms with Gasteiger partial charge in [-0.3, -0.25) is 9.69 Å². The number of nitrogens with zero attached hydrogens (tertiary/aromatic N) is 1. The van der Waals surface area contributed by atoms with Crippen molar-refractivity contribution in [2.45, 2.75) is 44.0 Å². The summed E-state index contributed by atoms with van der Waals surface area (Å²) in [4.78, 5) is 18.1. The van der Waals surface area contributed by atoms with Gasteiger partial charge < -0.3 is 5.32 Å². The molecule has 5 heteroatoms. The van der Waals surface area contributed by atoms with Gasteiger partial charge in [0.15, 0.2) is 0 Å². The van der Waals surface area contributed by atoms with Gasteiger partial charge in [0.05, 0.1) is 6.04 Å². The highest BCUT2D eigenvalue weighted by molar-refractivity contribution is 7.98. The third-order valence-corrected chi connectivity index (χ3v) is 8.04. The topological polar surface area (TPSA) is 32.3 Å². The predicted molar refractivity (Wildman–Crippen MR) is 134 cm³/mol. The number of benzene rings is 2.